The van der Waals surface area contributed by atoms with Gasteiger partial charge in [0.2, 0.25) is 5.91 Å². The zero-order valence-corrected chi connectivity index (χ0v) is 19.4. The molecule has 1 aromatic carbocycles. The lowest BCUT2D eigenvalue weighted by Crippen LogP contribution is -2.34. The summed E-state index contributed by atoms with van der Waals surface area (Å²) in [6.07, 6.45) is 0. The molecule has 30 heavy (non-hydrogen) atoms. The molecule has 0 bridgehead atoms. The van der Waals surface area contributed by atoms with Gasteiger partial charge in [0, 0.05) is 23.5 Å². The zero-order valence-electron chi connectivity index (χ0n) is 17.8. The predicted molar refractivity (Wildman–Crippen MR) is 123 cm³/mol. The maximum absolute atomic E-state index is 13.4. The summed E-state index contributed by atoms with van der Waals surface area (Å²) in [6.45, 7) is 10.8. The van der Waals surface area contributed by atoms with Crippen LogP contribution < -0.4 is 10.9 Å². The van der Waals surface area contributed by atoms with Crippen LogP contribution in [0.1, 0.15) is 32.6 Å². The fourth-order valence-corrected chi connectivity index (χ4v) is 5.25. The number of amides is 1. The Morgan fingerprint density at radius 2 is 1.93 bits per heavy atom. The number of thiophene rings is 1. The number of fused-ring (bicyclic) bond motifs is 1. The van der Waals surface area contributed by atoms with E-state index < -0.39 is 0 Å². The number of halogens is 1. The van der Waals surface area contributed by atoms with Crippen LogP contribution in [0.3, 0.4) is 0 Å². The molecule has 0 saturated heterocycles. The molecule has 1 unspecified atom stereocenters. The molecule has 3 rings (SSSR count). The van der Waals surface area contributed by atoms with Crippen molar-refractivity contribution in [3.05, 3.63) is 45.3 Å². The average molecular weight is 448 g/mol. The SMILES string of the molecule is CCn1c(SC(C)C(=O)NCC(C)C)nc2sc(C)c(-c3ccc(F)cc3)c2c1=O. The van der Waals surface area contributed by atoms with Crippen molar-refractivity contribution in [2.75, 3.05) is 6.54 Å². The third kappa shape index (κ3) is 4.59. The number of aryl methyl sites for hydroxylation is 1. The van der Waals surface area contributed by atoms with E-state index in [9.17, 15) is 14.0 Å². The van der Waals surface area contributed by atoms with Gasteiger partial charge in [0.05, 0.1) is 10.6 Å². The number of nitrogens with one attached hydrogen (secondary N) is 1. The Morgan fingerprint density at radius 1 is 1.27 bits per heavy atom. The first kappa shape index (κ1) is 22.5. The first-order valence-electron chi connectivity index (χ1n) is 9.97. The van der Waals surface area contributed by atoms with Gasteiger partial charge in [0.15, 0.2) is 5.16 Å². The minimum atomic E-state index is -0.372. The molecular formula is C22H26FN3O2S2. The fraction of sp³-hybridized carbons (Fsp3) is 0.409. The fourth-order valence-electron chi connectivity index (χ4n) is 3.17. The monoisotopic (exact) mass is 447 g/mol. The lowest BCUT2D eigenvalue weighted by molar-refractivity contribution is -0.120. The normalized spacial score (nSPS) is 12.5. The molecule has 2 aromatic heterocycles. The van der Waals surface area contributed by atoms with Gasteiger partial charge in [0.25, 0.3) is 5.56 Å². The van der Waals surface area contributed by atoms with Crippen LogP contribution in [0, 0.1) is 18.7 Å². The van der Waals surface area contributed by atoms with E-state index in [2.05, 4.69) is 5.32 Å². The maximum Gasteiger partial charge on any atom is 0.263 e. The molecule has 1 N–H and O–H groups in total. The molecule has 3 aromatic rings. The molecule has 0 radical (unpaired) electrons. The molecule has 0 saturated carbocycles. The Labute approximate surface area is 183 Å². The number of aromatic nitrogens is 2. The number of carbonyl (C=O) groups excluding carboxylic acids is 1. The largest absolute Gasteiger partial charge is 0.355 e. The van der Waals surface area contributed by atoms with Gasteiger partial charge in [-0.3, -0.25) is 14.2 Å². The van der Waals surface area contributed by atoms with Crippen LogP contribution in [0.2, 0.25) is 0 Å². The minimum absolute atomic E-state index is 0.0694. The van der Waals surface area contributed by atoms with E-state index in [0.717, 1.165) is 16.0 Å². The van der Waals surface area contributed by atoms with Gasteiger partial charge in [0.1, 0.15) is 10.6 Å². The van der Waals surface area contributed by atoms with E-state index in [1.807, 2.05) is 34.6 Å². The van der Waals surface area contributed by atoms with Crippen molar-refractivity contribution in [3.8, 4) is 11.1 Å². The van der Waals surface area contributed by atoms with E-state index >= 15 is 0 Å². The van der Waals surface area contributed by atoms with Crippen LogP contribution in [0.15, 0.2) is 34.2 Å². The second kappa shape index (κ2) is 9.31. The van der Waals surface area contributed by atoms with Gasteiger partial charge < -0.3 is 5.32 Å². The Balaban J connectivity index is 2.03. The summed E-state index contributed by atoms with van der Waals surface area (Å²) in [5.74, 6) is -0.0167. The molecule has 0 fully saturated rings. The summed E-state index contributed by atoms with van der Waals surface area (Å²) >= 11 is 2.74. The van der Waals surface area contributed by atoms with E-state index in [4.69, 9.17) is 4.98 Å². The molecule has 8 heteroatoms. The van der Waals surface area contributed by atoms with Crippen molar-refractivity contribution >= 4 is 39.2 Å². The summed E-state index contributed by atoms with van der Waals surface area (Å²) < 4.78 is 15.0. The molecule has 160 valence electrons. The summed E-state index contributed by atoms with van der Waals surface area (Å²) in [7, 11) is 0. The van der Waals surface area contributed by atoms with Crippen molar-refractivity contribution < 1.29 is 9.18 Å². The number of hydrogen-bond acceptors (Lipinski definition) is 5. The molecule has 2 heterocycles. The third-order valence-corrected chi connectivity index (χ3v) is 6.83. The molecule has 5 nitrogen and oxygen atoms in total. The summed E-state index contributed by atoms with van der Waals surface area (Å²) in [5, 5.41) is 3.64. The van der Waals surface area contributed by atoms with E-state index in [-0.39, 0.29) is 22.5 Å². The van der Waals surface area contributed by atoms with E-state index in [0.29, 0.717) is 34.4 Å². The Kier molecular flexibility index (Phi) is 6.98. The summed E-state index contributed by atoms with van der Waals surface area (Å²) in [5.41, 5.74) is 1.46. The number of hydrogen-bond donors (Lipinski definition) is 1. The van der Waals surface area contributed by atoms with Crippen LogP contribution in [-0.4, -0.2) is 27.3 Å². The Bertz CT molecular complexity index is 1120. The van der Waals surface area contributed by atoms with Crippen molar-refractivity contribution in [2.45, 2.75) is 51.6 Å². The molecule has 0 aliphatic carbocycles. The average Bonchev–Trinajstić information content (AvgIpc) is 3.03. The van der Waals surface area contributed by atoms with Crippen molar-refractivity contribution in [2.24, 2.45) is 5.92 Å². The Hall–Kier alpha value is -2.19. The second-order valence-electron chi connectivity index (χ2n) is 7.56. The van der Waals surface area contributed by atoms with Crippen molar-refractivity contribution in [1.29, 1.82) is 0 Å². The molecule has 0 aliphatic rings. The number of benzene rings is 1. The quantitative estimate of drug-likeness (QED) is 0.416. The van der Waals surface area contributed by atoms with Crippen LogP contribution in [0.25, 0.3) is 21.3 Å². The van der Waals surface area contributed by atoms with E-state index in [1.165, 1.54) is 35.2 Å². The molecule has 0 aliphatic heterocycles. The zero-order chi connectivity index (χ0) is 22.0. The first-order valence-corrected chi connectivity index (χ1v) is 11.7. The molecule has 1 amide bonds. The van der Waals surface area contributed by atoms with Crippen LogP contribution in [0.5, 0.6) is 0 Å². The van der Waals surface area contributed by atoms with Gasteiger partial charge in [-0.05, 0) is 44.4 Å². The minimum Gasteiger partial charge on any atom is -0.355 e. The highest BCUT2D eigenvalue weighted by Crippen LogP contribution is 2.37. The number of nitrogens with zero attached hydrogens (tertiary/aromatic N) is 2. The van der Waals surface area contributed by atoms with Crippen LogP contribution in [0.4, 0.5) is 4.39 Å². The van der Waals surface area contributed by atoms with Gasteiger partial charge in [-0.2, -0.15) is 0 Å². The topological polar surface area (TPSA) is 64.0 Å². The van der Waals surface area contributed by atoms with E-state index in [1.54, 1.807) is 16.7 Å². The smallest absolute Gasteiger partial charge is 0.263 e. The first-order chi connectivity index (χ1) is 14.2. The summed E-state index contributed by atoms with van der Waals surface area (Å²) in [4.78, 5) is 32.1. The third-order valence-electron chi connectivity index (χ3n) is 4.74. The lowest BCUT2D eigenvalue weighted by atomic mass is 10.0. The second-order valence-corrected chi connectivity index (χ2v) is 10.1. The van der Waals surface area contributed by atoms with Gasteiger partial charge >= 0.3 is 0 Å². The Morgan fingerprint density at radius 3 is 2.53 bits per heavy atom. The van der Waals surface area contributed by atoms with Gasteiger partial charge in [-0.1, -0.05) is 37.7 Å². The number of thioether (sulfide) groups is 1. The summed E-state index contributed by atoms with van der Waals surface area (Å²) in [6, 6.07) is 6.16. The molecule has 0 spiro atoms. The maximum atomic E-state index is 13.4. The van der Waals surface area contributed by atoms with Crippen molar-refractivity contribution in [3.63, 3.8) is 0 Å². The highest BCUT2D eigenvalue weighted by Gasteiger charge is 2.22. The molecule has 1 atom stereocenters. The van der Waals surface area contributed by atoms with Gasteiger partial charge in [-0.25, -0.2) is 9.37 Å². The van der Waals surface area contributed by atoms with Gasteiger partial charge in [-0.15, -0.1) is 11.3 Å². The molecular weight excluding hydrogens is 421 g/mol. The van der Waals surface area contributed by atoms with Crippen molar-refractivity contribution in [1.82, 2.24) is 14.9 Å². The highest BCUT2D eigenvalue weighted by molar-refractivity contribution is 8.00. The highest BCUT2D eigenvalue weighted by atomic mass is 32.2. The predicted octanol–water partition coefficient (Wildman–Crippen LogP) is 4.85. The van der Waals surface area contributed by atoms with Crippen LogP contribution >= 0.6 is 23.1 Å². The van der Waals surface area contributed by atoms with Crippen LogP contribution in [-0.2, 0) is 11.3 Å². The number of rotatable bonds is 7. The number of carbonyl (C=O) groups is 1. The lowest BCUT2D eigenvalue weighted by Gasteiger charge is -2.15. The standard InChI is InChI=1S/C22H26FN3O2S2/c1-6-26-21(28)18-17(15-7-9-16(23)10-8-15)13(4)29-20(18)25-22(26)30-14(5)19(27)24-11-12(2)3/h7-10,12,14H,6,11H2,1-5H3,(H,24,27).